The van der Waals surface area contributed by atoms with Gasteiger partial charge in [0.25, 0.3) is 5.91 Å². The van der Waals surface area contributed by atoms with E-state index < -0.39 is 17.6 Å². The number of benzene rings is 1. The van der Waals surface area contributed by atoms with Gasteiger partial charge in [-0.05, 0) is 42.9 Å². The molecule has 10 heteroatoms. The van der Waals surface area contributed by atoms with Crippen LogP contribution >= 0.6 is 0 Å². The van der Waals surface area contributed by atoms with Gasteiger partial charge in [0.2, 0.25) is 0 Å². The van der Waals surface area contributed by atoms with E-state index in [0.717, 1.165) is 30.7 Å². The van der Waals surface area contributed by atoms with E-state index in [2.05, 4.69) is 31.2 Å². The van der Waals surface area contributed by atoms with Gasteiger partial charge in [-0.3, -0.25) is 4.79 Å². The highest BCUT2D eigenvalue weighted by molar-refractivity contribution is 6.06. The fourth-order valence-corrected chi connectivity index (χ4v) is 3.90. The summed E-state index contributed by atoms with van der Waals surface area (Å²) in [5.41, 5.74) is -0.368. The normalized spacial score (nSPS) is 16.5. The van der Waals surface area contributed by atoms with E-state index in [9.17, 15) is 18.0 Å². The van der Waals surface area contributed by atoms with E-state index >= 15 is 0 Å². The Morgan fingerprint density at radius 3 is 2.63 bits per heavy atom. The first-order chi connectivity index (χ1) is 16.5. The van der Waals surface area contributed by atoms with Crippen molar-refractivity contribution in [2.24, 2.45) is 5.41 Å². The number of aromatic nitrogens is 2. The molecule has 0 radical (unpaired) electrons. The van der Waals surface area contributed by atoms with E-state index in [4.69, 9.17) is 14.2 Å². The second kappa shape index (κ2) is 11.4. The van der Waals surface area contributed by atoms with Crippen molar-refractivity contribution in [3.63, 3.8) is 0 Å². The molecule has 1 N–H and O–H groups in total. The average molecular weight is 498 g/mol. The highest BCUT2D eigenvalue weighted by atomic mass is 19.4. The van der Waals surface area contributed by atoms with Crippen LogP contribution in [0.4, 0.5) is 19.0 Å². The monoisotopic (exact) mass is 497 g/mol. The minimum absolute atomic E-state index is 0.0266. The Morgan fingerprint density at radius 1 is 1.23 bits per heavy atom. The lowest BCUT2D eigenvalue weighted by atomic mass is 9.91. The summed E-state index contributed by atoms with van der Waals surface area (Å²) in [4.78, 5) is 13.2. The van der Waals surface area contributed by atoms with Crippen molar-refractivity contribution in [3.8, 4) is 5.75 Å². The van der Waals surface area contributed by atoms with Gasteiger partial charge in [0, 0.05) is 32.8 Å². The number of carbonyl (C=O) groups excluding carboxylic acids is 1. The number of hydrogen-bond donors (Lipinski definition) is 1. The highest BCUT2D eigenvalue weighted by Crippen LogP contribution is 2.33. The zero-order valence-corrected chi connectivity index (χ0v) is 20.7. The second-order valence-corrected chi connectivity index (χ2v) is 9.93. The minimum atomic E-state index is -4.59. The summed E-state index contributed by atoms with van der Waals surface area (Å²) >= 11 is 0. The van der Waals surface area contributed by atoms with Crippen molar-refractivity contribution in [1.82, 2.24) is 9.78 Å². The number of carbonyl (C=O) groups is 1. The maximum Gasteiger partial charge on any atom is 0.416 e. The van der Waals surface area contributed by atoms with Crippen molar-refractivity contribution in [1.29, 1.82) is 0 Å². The molecule has 0 saturated carbocycles. The molecule has 1 saturated heterocycles. The van der Waals surface area contributed by atoms with E-state index in [1.807, 2.05) is 0 Å². The van der Waals surface area contributed by atoms with Crippen LogP contribution in [0.25, 0.3) is 0 Å². The third-order valence-corrected chi connectivity index (χ3v) is 5.49. The Hall–Kier alpha value is -2.59. The topological polar surface area (TPSA) is 74.6 Å². The summed E-state index contributed by atoms with van der Waals surface area (Å²) in [6.45, 7) is 8.01. The maximum atomic E-state index is 13.4. The summed E-state index contributed by atoms with van der Waals surface area (Å²) in [7, 11) is 1.55. The van der Waals surface area contributed by atoms with Crippen molar-refractivity contribution in [2.45, 2.75) is 65.3 Å². The Balaban J connectivity index is 1.88. The van der Waals surface area contributed by atoms with Crippen molar-refractivity contribution in [2.75, 3.05) is 32.2 Å². The first kappa shape index (κ1) is 27.0. The number of alkyl halides is 3. The molecule has 194 valence electrons. The highest BCUT2D eigenvalue weighted by Gasteiger charge is 2.32. The fourth-order valence-electron chi connectivity index (χ4n) is 3.90. The Morgan fingerprint density at radius 2 is 2.00 bits per heavy atom. The van der Waals surface area contributed by atoms with Gasteiger partial charge in [-0.15, -0.1) is 0 Å². The first-order valence-corrected chi connectivity index (χ1v) is 11.8. The third kappa shape index (κ3) is 7.96. The number of anilines is 1. The van der Waals surface area contributed by atoms with Gasteiger partial charge >= 0.3 is 6.18 Å². The van der Waals surface area contributed by atoms with E-state index in [0.29, 0.717) is 38.4 Å². The standard InChI is InChI=1S/C25H34F3N3O4/c1-24(2,3)15-18-14-22(31(30-18)16-19-7-5-11-34-19)29-23(32)20-13-17(25(26,27)28)8-9-21(20)35-12-6-10-33-4/h8-9,13-14,19H,5-7,10-12,15-16H2,1-4H3,(H,29,32)/t19-/m1/s1. The van der Waals surface area contributed by atoms with Crippen LogP contribution in [0.2, 0.25) is 0 Å². The Labute approximate surface area is 203 Å². The number of methoxy groups -OCH3 is 1. The van der Waals surface area contributed by atoms with Crippen LogP contribution < -0.4 is 10.1 Å². The summed E-state index contributed by atoms with van der Waals surface area (Å²) in [6.07, 6.45) is -1.58. The maximum absolute atomic E-state index is 13.4. The Bertz CT molecular complexity index is 993. The van der Waals surface area contributed by atoms with E-state index in [1.54, 1.807) is 17.9 Å². The van der Waals surface area contributed by atoms with Crippen LogP contribution in [0.5, 0.6) is 5.75 Å². The van der Waals surface area contributed by atoms with Gasteiger partial charge in [-0.1, -0.05) is 20.8 Å². The number of halogens is 3. The van der Waals surface area contributed by atoms with Gasteiger partial charge in [-0.2, -0.15) is 18.3 Å². The van der Waals surface area contributed by atoms with Crippen molar-refractivity contribution < 1.29 is 32.2 Å². The average Bonchev–Trinajstić information content (AvgIpc) is 3.39. The molecule has 1 atom stereocenters. The number of ether oxygens (including phenoxy) is 3. The smallest absolute Gasteiger partial charge is 0.416 e. The zero-order valence-electron chi connectivity index (χ0n) is 20.7. The van der Waals surface area contributed by atoms with Crippen LogP contribution in [-0.2, 0) is 28.6 Å². The largest absolute Gasteiger partial charge is 0.493 e. The van der Waals surface area contributed by atoms with Crippen LogP contribution in [0, 0.1) is 5.41 Å². The van der Waals surface area contributed by atoms with E-state index in [-0.39, 0.29) is 29.4 Å². The summed E-state index contributed by atoms with van der Waals surface area (Å²) in [5.74, 6) is -0.215. The molecule has 1 aromatic heterocycles. The van der Waals surface area contributed by atoms with E-state index in [1.165, 1.54) is 6.07 Å². The zero-order chi connectivity index (χ0) is 25.6. The predicted molar refractivity (Wildman–Crippen MR) is 126 cm³/mol. The molecule has 1 amide bonds. The van der Waals surface area contributed by atoms with Gasteiger partial charge in [0.05, 0.1) is 36.1 Å². The molecular weight excluding hydrogens is 463 g/mol. The fraction of sp³-hybridized carbons (Fsp3) is 0.600. The van der Waals surface area contributed by atoms with Crippen LogP contribution in [0.15, 0.2) is 24.3 Å². The molecular formula is C25H34F3N3O4. The lowest BCUT2D eigenvalue weighted by Gasteiger charge is -2.16. The SMILES string of the molecule is COCCCOc1ccc(C(F)(F)F)cc1C(=O)Nc1cc(CC(C)(C)C)nn1C[C@H]1CCCO1. The summed E-state index contributed by atoms with van der Waals surface area (Å²) < 4.78 is 58.1. The number of nitrogens with one attached hydrogen (secondary N) is 1. The predicted octanol–water partition coefficient (Wildman–Crippen LogP) is 5.34. The number of amides is 1. The van der Waals surface area contributed by atoms with Crippen LogP contribution in [0.1, 0.15) is 61.6 Å². The molecule has 0 spiro atoms. The molecule has 2 heterocycles. The van der Waals surface area contributed by atoms with Gasteiger partial charge in [0.15, 0.2) is 0 Å². The molecule has 1 aromatic carbocycles. The van der Waals surface area contributed by atoms with Gasteiger partial charge in [0.1, 0.15) is 11.6 Å². The summed E-state index contributed by atoms with van der Waals surface area (Å²) in [6, 6.07) is 4.67. The lowest BCUT2D eigenvalue weighted by Crippen LogP contribution is -2.22. The molecule has 0 unspecified atom stereocenters. The molecule has 2 aromatic rings. The minimum Gasteiger partial charge on any atom is -0.493 e. The number of nitrogens with zero attached hydrogens (tertiary/aromatic N) is 2. The summed E-state index contributed by atoms with van der Waals surface area (Å²) in [5, 5.41) is 7.41. The third-order valence-electron chi connectivity index (χ3n) is 5.49. The van der Waals surface area contributed by atoms with Crippen molar-refractivity contribution >= 4 is 11.7 Å². The van der Waals surface area contributed by atoms with Gasteiger partial charge in [-0.25, -0.2) is 4.68 Å². The lowest BCUT2D eigenvalue weighted by molar-refractivity contribution is -0.137. The van der Waals surface area contributed by atoms with Gasteiger partial charge < -0.3 is 19.5 Å². The van der Waals surface area contributed by atoms with Crippen molar-refractivity contribution in [3.05, 3.63) is 41.1 Å². The molecule has 1 fully saturated rings. The number of rotatable bonds is 10. The molecule has 3 rings (SSSR count). The number of hydrogen-bond acceptors (Lipinski definition) is 5. The molecule has 35 heavy (non-hydrogen) atoms. The molecule has 1 aliphatic rings. The van der Waals surface area contributed by atoms with Crippen LogP contribution in [-0.4, -0.2) is 48.7 Å². The van der Waals surface area contributed by atoms with Crippen LogP contribution in [0.3, 0.4) is 0 Å². The quantitative estimate of drug-likeness (QED) is 0.449. The first-order valence-electron chi connectivity index (χ1n) is 11.8. The molecule has 1 aliphatic heterocycles. The Kier molecular flexibility index (Phi) is 8.82. The second-order valence-electron chi connectivity index (χ2n) is 9.93. The molecule has 0 bridgehead atoms. The molecule has 0 aliphatic carbocycles. The molecule has 7 nitrogen and oxygen atoms in total.